The molecule has 0 aliphatic heterocycles. The number of hydrogen-bond acceptors (Lipinski definition) is 5. The average molecular weight is 705 g/mol. The Labute approximate surface area is 318 Å². The molecule has 0 amide bonds. The second kappa shape index (κ2) is 13.8. The molecule has 0 spiro atoms. The largest absolute Gasteiger partial charge is 0.435 e. The highest BCUT2D eigenvalue weighted by Crippen LogP contribution is 2.41. The maximum Gasteiger partial charge on any atom is 0.227 e. The number of nitrogens with zero attached hydrogens (tertiary/aromatic N) is 4. The fraction of sp³-hybridized carbons (Fsp3) is 0. The smallest absolute Gasteiger partial charge is 0.227 e. The van der Waals surface area contributed by atoms with Crippen molar-refractivity contribution in [2.75, 3.05) is 0 Å². The lowest BCUT2D eigenvalue weighted by molar-refractivity contribution is 0.623. The molecule has 0 fully saturated rings. The molecule has 2 heterocycles. The molecule has 0 radical (unpaired) electrons. The van der Waals surface area contributed by atoms with E-state index in [1.807, 2.05) is 60.7 Å². The van der Waals surface area contributed by atoms with Crippen LogP contribution in [-0.4, -0.2) is 19.9 Å². The minimum atomic E-state index is 0.579. The normalized spacial score (nSPS) is 11.3. The summed E-state index contributed by atoms with van der Waals surface area (Å²) in [6.07, 6.45) is 0. The van der Waals surface area contributed by atoms with Gasteiger partial charge in [0.05, 0.1) is 0 Å². The molecular weight excluding hydrogens is 673 g/mol. The lowest BCUT2D eigenvalue weighted by atomic mass is 9.93. The lowest BCUT2D eigenvalue weighted by Gasteiger charge is -2.15. The molecular formula is C50H32N4O. The molecule has 0 atom stereocenters. The van der Waals surface area contributed by atoms with Gasteiger partial charge in [-0.1, -0.05) is 170 Å². The third-order valence-corrected chi connectivity index (χ3v) is 9.99. The first-order valence-electron chi connectivity index (χ1n) is 18.3. The first-order chi connectivity index (χ1) is 27.3. The molecule has 0 bridgehead atoms. The van der Waals surface area contributed by atoms with Crippen LogP contribution in [0, 0.1) is 0 Å². The Balaban J connectivity index is 1.20. The SMILES string of the molecule is c1ccc(-c2cccc(-c3nc(-c4ccccc4-c4ccccc4)nc(-c4ccccc4-c4cccc5ccc6nc(-c7ccccc7)oc6c45)n3)c2)cc1. The number of aromatic nitrogens is 4. The van der Waals surface area contributed by atoms with Gasteiger partial charge >= 0.3 is 0 Å². The molecule has 0 saturated heterocycles. The molecule has 0 aliphatic rings. The van der Waals surface area contributed by atoms with Crippen molar-refractivity contribution in [1.29, 1.82) is 0 Å². The van der Waals surface area contributed by atoms with Gasteiger partial charge in [-0.2, -0.15) is 0 Å². The predicted octanol–water partition coefficient (Wildman–Crippen LogP) is 12.8. The van der Waals surface area contributed by atoms with Gasteiger partial charge in [0.15, 0.2) is 23.1 Å². The molecule has 0 N–H and O–H groups in total. The van der Waals surface area contributed by atoms with E-state index in [4.69, 9.17) is 24.4 Å². The lowest BCUT2D eigenvalue weighted by Crippen LogP contribution is -2.02. The van der Waals surface area contributed by atoms with Gasteiger partial charge in [-0.15, -0.1) is 0 Å². The van der Waals surface area contributed by atoms with Crippen LogP contribution in [0.4, 0.5) is 0 Å². The maximum atomic E-state index is 6.58. The van der Waals surface area contributed by atoms with Crippen LogP contribution in [-0.2, 0) is 0 Å². The summed E-state index contributed by atoms with van der Waals surface area (Å²) in [5, 5.41) is 2.05. The van der Waals surface area contributed by atoms with Crippen molar-refractivity contribution >= 4 is 21.9 Å². The molecule has 2 aromatic heterocycles. The van der Waals surface area contributed by atoms with E-state index >= 15 is 0 Å². The van der Waals surface area contributed by atoms with E-state index in [-0.39, 0.29) is 0 Å². The zero-order chi connectivity index (χ0) is 36.6. The van der Waals surface area contributed by atoms with E-state index < -0.39 is 0 Å². The summed E-state index contributed by atoms with van der Waals surface area (Å²) in [4.78, 5) is 20.6. The van der Waals surface area contributed by atoms with Gasteiger partial charge in [0.2, 0.25) is 5.89 Å². The van der Waals surface area contributed by atoms with Gasteiger partial charge in [0, 0.05) is 27.6 Å². The van der Waals surface area contributed by atoms with Crippen LogP contribution >= 0.6 is 0 Å². The Hall–Kier alpha value is -7.50. The highest BCUT2D eigenvalue weighted by molar-refractivity contribution is 6.12. The molecule has 10 aromatic rings. The monoisotopic (exact) mass is 704 g/mol. The van der Waals surface area contributed by atoms with Crippen molar-refractivity contribution in [2.45, 2.75) is 0 Å². The zero-order valence-corrected chi connectivity index (χ0v) is 29.7. The molecule has 0 aliphatic carbocycles. The maximum absolute atomic E-state index is 6.58. The van der Waals surface area contributed by atoms with Crippen LogP contribution < -0.4 is 0 Å². The molecule has 0 saturated carbocycles. The number of oxazole rings is 1. The quantitative estimate of drug-likeness (QED) is 0.165. The van der Waals surface area contributed by atoms with Gasteiger partial charge < -0.3 is 4.42 Å². The first-order valence-corrected chi connectivity index (χ1v) is 18.3. The van der Waals surface area contributed by atoms with Crippen molar-refractivity contribution < 1.29 is 4.42 Å². The van der Waals surface area contributed by atoms with E-state index in [2.05, 4.69) is 133 Å². The zero-order valence-electron chi connectivity index (χ0n) is 29.7. The molecule has 258 valence electrons. The van der Waals surface area contributed by atoms with E-state index in [0.717, 1.165) is 77.5 Å². The summed E-state index contributed by atoms with van der Waals surface area (Å²) >= 11 is 0. The molecule has 5 heteroatoms. The van der Waals surface area contributed by atoms with E-state index in [1.165, 1.54) is 0 Å². The summed E-state index contributed by atoms with van der Waals surface area (Å²) in [5.74, 6) is 2.36. The van der Waals surface area contributed by atoms with Crippen LogP contribution in [0.2, 0.25) is 0 Å². The van der Waals surface area contributed by atoms with Crippen LogP contribution in [0.5, 0.6) is 0 Å². The number of benzene rings is 8. The Bertz CT molecular complexity index is 2980. The molecule has 8 aromatic carbocycles. The van der Waals surface area contributed by atoms with Crippen molar-refractivity contribution in [1.82, 2.24) is 19.9 Å². The first kappa shape index (κ1) is 32.2. The molecule has 0 unspecified atom stereocenters. The minimum Gasteiger partial charge on any atom is -0.435 e. The van der Waals surface area contributed by atoms with Gasteiger partial charge in [0.25, 0.3) is 0 Å². The summed E-state index contributed by atoms with van der Waals surface area (Å²) in [7, 11) is 0. The molecule has 5 nitrogen and oxygen atoms in total. The predicted molar refractivity (Wildman–Crippen MR) is 223 cm³/mol. The summed E-state index contributed by atoms with van der Waals surface area (Å²) in [6, 6.07) is 66.3. The number of fused-ring (bicyclic) bond motifs is 3. The van der Waals surface area contributed by atoms with Crippen LogP contribution in [0.25, 0.3) is 101 Å². The van der Waals surface area contributed by atoms with Gasteiger partial charge in [-0.25, -0.2) is 19.9 Å². The highest BCUT2D eigenvalue weighted by Gasteiger charge is 2.21. The third-order valence-electron chi connectivity index (χ3n) is 9.99. The fourth-order valence-corrected chi connectivity index (χ4v) is 7.36. The van der Waals surface area contributed by atoms with E-state index in [0.29, 0.717) is 23.4 Å². The Morgan fingerprint density at radius 3 is 1.53 bits per heavy atom. The van der Waals surface area contributed by atoms with Crippen LogP contribution in [0.3, 0.4) is 0 Å². The standard InChI is InChI=1S/C50H32N4O/c1-4-16-33(17-5-1)37-23-14-24-38(32-37)47-52-48(42-27-12-10-25-39(42)34-18-6-2-7-19-34)54-49(53-47)43-28-13-11-26-40(43)41-29-15-22-35-30-31-44-46(45(35)41)55-50(51-44)36-20-8-3-9-21-36/h1-32H. The molecule has 10 rings (SSSR count). The average Bonchev–Trinajstić information content (AvgIpc) is 3.72. The van der Waals surface area contributed by atoms with Gasteiger partial charge in [0.1, 0.15) is 5.52 Å². The van der Waals surface area contributed by atoms with Crippen molar-refractivity contribution in [3.05, 3.63) is 194 Å². The van der Waals surface area contributed by atoms with Crippen molar-refractivity contribution in [3.8, 4) is 79.0 Å². The Morgan fingerprint density at radius 2 is 0.818 bits per heavy atom. The number of rotatable bonds is 7. The summed E-state index contributed by atoms with van der Waals surface area (Å²) < 4.78 is 6.58. The number of hydrogen-bond donors (Lipinski definition) is 0. The third kappa shape index (κ3) is 6.04. The van der Waals surface area contributed by atoms with Gasteiger partial charge in [-0.3, -0.25) is 0 Å². The Kier molecular flexibility index (Phi) is 8.08. The minimum absolute atomic E-state index is 0.579. The van der Waals surface area contributed by atoms with E-state index in [9.17, 15) is 0 Å². The van der Waals surface area contributed by atoms with Crippen LogP contribution in [0.1, 0.15) is 0 Å². The highest BCUT2D eigenvalue weighted by atomic mass is 16.3. The van der Waals surface area contributed by atoms with Crippen molar-refractivity contribution in [2.24, 2.45) is 0 Å². The Morgan fingerprint density at radius 1 is 0.309 bits per heavy atom. The van der Waals surface area contributed by atoms with Crippen molar-refractivity contribution in [3.63, 3.8) is 0 Å². The topological polar surface area (TPSA) is 64.7 Å². The summed E-state index contributed by atoms with van der Waals surface area (Å²) in [5.41, 5.74) is 11.5. The van der Waals surface area contributed by atoms with E-state index in [1.54, 1.807) is 0 Å². The second-order valence-electron chi connectivity index (χ2n) is 13.4. The van der Waals surface area contributed by atoms with Gasteiger partial charge in [-0.05, 0) is 63.0 Å². The fourth-order valence-electron chi connectivity index (χ4n) is 7.36. The second-order valence-corrected chi connectivity index (χ2v) is 13.4. The molecule has 55 heavy (non-hydrogen) atoms. The van der Waals surface area contributed by atoms with Crippen LogP contribution in [0.15, 0.2) is 199 Å². The summed E-state index contributed by atoms with van der Waals surface area (Å²) in [6.45, 7) is 0.